The van der Waals surface area contributed by atoms with Crippen LogP contribution >= 0.6 is 11.3 Å². The maximum absolute atomic E-state index is 4.33. The summed E-state index contributed by atoms with van der Waals surface area (Å²) >= 11 is 1.74. The highest BCUT2D eigenvalue weighted by Crippen LogP contribution is 2.26. The molecule has 0 aliphatic rings. The van der Waals surface area contributed by atoms with Gasteiger partial charge in [-0.25, -0.2) is 4.98 Å². The molecular weight excluding hydrogens is 230 g/mol. The first-order valence-corrected chi connectivity index (χ1v) is 6.63. The van der Waals surface area contributed by atoms with Gasteiger partial charge in [0.1, 0.15) is 0 Å². The Balaban J connectivity index is 2.00. The minimum absolute atomic E-state index is 0.520. The summed E-state index contributed by atoms with van der Waals surface area (Å²) in [6.07, 6.45) is 3.86. The molecule has 0 aliphatic carbocycles. The van der Waals surface area contributed by atoms with E-state index in [1.165, 1.54) is 15.8 Å². The van der Waals surface area contributed by atoms with E-state index in [-0.39, 0.29) is 0 Å². The average Bonchev–Trinajstić information content (AvgIpc) is 2.85. The molecular formula is C13H15N3S. The molecule has 0 atom stereocenters. The van der Waals surface area contributed by atoms with Gasteiger partial charge in [-0.15, -0.1) is 0 Å². The van der Waals surface area contributed by atoms with Crippen molar-refractivity contribution in [1.82, 2.24) is 14.7 Å². The minimum atomic E-state index is 0.520. The van der Waals surface area contributed by atoms with Crippen LogP contribution in [0.15, 0.2) is 30.6 Å². The molecule has 4 heteroatoms. The molecule has 0 bridgehead atoms. The smallest absolute Gasteiger partial charge is 0.194 e. The molecule has 0 radical (unpaired) electrons. The second-order valence-electron chi connectivity index (χ2n) is 4.52. The van der Waals surface area contributed by atoms with Crippen molar-refractivity contribution in [3.8, 4) is 0 Å². The zero-order chi connectivity index (χ0) is 11.8. The predicted octanol–water partition coefficient (Wildman–Crippen LogP) is 3.05. The summed E-state index contributed by atoms with van der Waals surface area (Å²) < 4.78 is 3.44. The van der Waals surface area contributed by atoms with Crippen LogP contribution in [0.3, 0.4) is 0 Å². The molecule has 0 fully saturated rings. The Morgan fingerprint density at radius 1 is 1.41 bits per heavy atom. The van der Waals surface area contributed by atoms with E-state index in [9.17, 15) is 0 Å². The summed E-state index contributed by atoms with van der Waals surface area (Å²) in [6, 6.07) is 7.14. The van der Waals surface area contributed by atoms with E-state index in [4.69, 9.17) is 0 Å². The van der Waals surface area contributed by atoms with Gasteiger partial charge in [0.2, 0.25) is 0 Å². The molecule has 0 saturated carbocycles. The Kier molecular flexibility index (Phi) is 2.61. The van der Waals surface area contributed by atoms with E-state index in [2.05, 4.69) is 46.7 Å². The van der Waals surface area contributed by atoms with Crippen molar-refractivity contribution in [1.29, 1.82) is 0 Å². The largest absolute Gasteiger partial charge is 0.310 e. The Hall–Kier alpha value is -1.39. The third-order valence-corrected chi connectivity index (χ3v) is 3.84. The first kappa shape index (κ1) is 10.7. The Bertz CT molecular complexity index is 651. The predicted molar refractivity (Wildman–Crippen MR) is 72.6 cm³/mol. The lowest BCUT2D eigenvalue weighted by atomic mass is 10.2. The van der Waals surface area contributed by atoms with Crippen LogP contribution in [-0.4, -0.2) is 15.4 Å². The van der Waals surface area contributed by atoms with E-state index < -0.39 is 0 Å². The van der Waals surface area contributed by atoms with Crippen molar-refractivity contribution in [2.24, 2.45) is 0 Å². The zero-order valence-electron chi connectivity index (χ0n) is 9.97. The molecule has 1 N–H and O–H groups in total. The summed E-state index contributed by atoms with van der Waals surface area (Å²) in [7, 11) is 0. The third-order valence-electron chi connectivity index (χ3n) is 2.81. The van der Waals surface area contributed by atoms with Gasteiger partial charge in [0, 0.05) is 25.0 Å². The number of rotatable bonds is 3. The number of nitrogens with zero attached hydrogens (tertiary/aromatic N) is 2. The van der Waals surface area contributed by atoms with Crippen LogP contribution in [0.2, 0.25) is 0 Å². The van der Waals surface area contributed by atoms with E-state index in [1.54, 1.807) is 11.3 Å². The topological polar surface area (TPSA) is 29.3 Å². The molecule has 0 aliphatic heterocycles. The van der Waals surface area contributed by atoms with Crippen LogP contribution in [0, 0.1) is 0 Å². The molecule has 0 amide bonds. The lowest BCUT2D eigenvalue weighted by molar-refractivity contribution is 0.589. The van der Waals surface area contributed by atoms with Crippen LogP contribution in [0.1, 0.15) is 19.4 Å². The molecule has 3 rings (SSSR count). The van der Waals surface area contributed by atoms with Crippen LogP contribution in [0.4, 0.5) is 0 Å². The number of fused-ring (bicyclic) bond motifs is 3. The number of imidazole rings is 1. The zero-order valence-corrected chi connectivity index (χ0v) is 10.8. The molecule has 3 nitrogen and oxygen atoms in total. The van der Waals surface area contributed by atoms with Crippen molar-refractivity contribution in [3.05, 3.63) is 36.2 Å². The molecule has 17 heavy (non-hydrogen) atoms. The van der Waals surface area contributed by atoms with E-state index in [1.807, 2.05) is 12.4 Å². The van der Waals surface area contributed by atoms with Crippen molar-refractivity contribution < 1.29 is 0 Å². The van der Waals surface area contributed by atoms with E-state index in [0.717, 1.165) is 11.5 Å². The molecule has 0 saturated heterocycles. The molecule has 0 spiro atoms. The highest BCUT2D eigenvalue weighted by Gasteiger charge is 2.05. The number of hydrogen-bond acceptors (Lipinski definition) is 3. The monoisotopic (exact) mass is 245 g/mol. The quantitative estimate of drug-likeness (QED) is 0.768. The van der Waals surface area contributed by atoms with Crippen molar-refractivity contribution in [2.45, 2.75) is 26.4 Å². The molecule has 2 heterocycles. The average molecular weight is 245 g/mol. The first-order chi connectivity index (χ1) is 8.24. The van der Waals surface area contributed by atoms with Gasteiger partial charge in [-0.3, -0.25) is 4.40 Å². The van der Waals surface area contributed by atoms with Gasteiger partial charge in [-0.2, -0.15) is 0 Å². The number of aromatic nitrogens is 2. The third kappa shape index (κ3) is 1.94. The second-order valence-corrected chi connectivity index (χ2v) is 5.53. The van der Waals surface area contributed by atoms with Gasteiger partial charge in [0.05, 0.1) is 10.2 Å². The molecule has 0 unspecified atom stereocenters. The summed E-state index contributed by atoms with van der Waals surface area (Å²) in [6.45, 7) is 5.25. The Morgan fingerprint density at radius 3 is 3.12 bits per heavy atom. The lowest BCUT2D eigenvalue weighted by Gasteiger charge is -2.07. The second kappa shape index (κ2) is 4.13. The summed E-state index contributed by atoms with van der Waals surface area (Å²) in [5, 5.41) is 3.44. The summed E-state index contributed by atoms with van der Waals surface area (Å²) in [5.74, 6) is 0. The van der Waals surface area contributed by atoms with Crippen molar-refractivity contribution >= 4 is 26.5 Å². The molecule has 3 aromatic rings. The first-order valence-electron chi connectivity index (χ1n) is 5.82. The fourth-order valence-electron chi connectivity index (χ4n) is 1.92. The normalized spacial score (nSPS) is 11.9. The standard InChI is InChI=1S/C13H15N3S/c1-9(2)15-8-10-3-4-11-12(7-10)17-13-14-5-6-16(11)13/h3-7,9,15H,8H2,1-2H3. The fourth-order valence-corrected chi connectivity index (χ4v) is 2.97. The highest BCUT2D eigenvalue weighted by atomic mass is 32.1. The van der Waals surface area contributed by atoms with Crippen molar-refractivity contribution in [3.63, 3.8) is 0 Å². The van der Waals surface area contributed by atoms with Gasteiger partial charge in [0.15, 0.2) is 4.96 Å². The van der Waals surface area contributed by atoms with Crippen molar-refractivity contribution in [2.75, 3.05) is 0 Å². The molecule has 1 aromatic carbocycles. The molecule has 88 valence electrons. The van der Waals surface area contributed by atoms with Gasteiger partial charge in [-0.05, 0) is 17.7 Å². The number of thiazole rings is 1. The summed E-state index contributed by atoms with van der Waals surface area (Å²) in [4.78, 5) is 5.39. The SMILES string of the molecule is CC(C)NCc1ccc2c(c1)sc1nccn12. The van der Waals surface area contributed by atoms with E-state index >= 15 is 0 Å². The van der Waals surface area contributed by atoms with Gasteiger partial charge >= 0.3 is 0 Å². The Labute approximate surface area is 104 Å². The number of nitrogens with one attached hydrogen (secondary N) is 1. The summed E-state index contributed by atoms with van der Waals surface area (Å²) in [5.41, 5.74) is 2.58. The highest BCUT2D eigenvalue weighted by molar-refractivity contribution is 7.23. The van der Waals surface area contributed by atoms with Crippen LogP contribution in [0.5, 0.6) is 0 Å². The molecule has 2 aromatic heterocycles. The maximum Gasteiger partial charge on any atom is 0.194 e. The number of hydrogen-bond donors (Lipinski definition) is 1. The van der Waals surface area contributed by atoms with Crippen LogP contribution in [0.25, 0.3) is 15.2 Å². The van der Waals surface area contributed by atoms with Crippen LogP contribution in [-0.2, 0) is 6.54 Å². The van der Waals surface area contributed by atoms with Gasteiger partial charge in [-0.1, -0.05) is 31.3 Å². The lowest BCUT2D eigenvalue weighted by Crippen LogP contribution is -2.21. The fraction of sp³-hybridized carbons (Fsp3) is 0.308. The van der Waals surface area contributed by atoms with Gasteiger partial charge in [0.25, 0.3) is 0 Å². The number of benzene rings is 1. The maximum atomic E-state index is 4.33. The Morgan fingerprint density at radius 2 is 2.29 bits per heavy atom. The van der Waals surface area contributed by atoms with Crippen LogP contribution < -0.4 is 5.32 Å². The minimum Gasteiger partial charge on any atom is -0.310 e. The van der Waals surface area contributed by atoms with E-state index in [0.29, 0.717) is 6.04 Å². The van der Waals surface area contributed by atoms with Gasteiger partial charge < -0.3 is 5.32 Å².